The zero-order valence-electron chi connectivity index (χ0n) is 22.8. The van der Waals surface area contributed by atoms with E-state index >= 15 is 0 Å². The van der Waals surface area contributed by atoms with E-state index in [4.69, 9.17) is 14.9 Å². The van der Waals surface area contributed by atoms with Crippen LogP contribution < -0.4 is 0 Å². The molecule has 3 heterocycles. The Hall–Kier alpha value is -4.29. The number of amides is 1. The zero-order valence-corrected chi connectivity index (χ0v) is 23.6. The molecule has 7 rings (SSSR count). The van der Waals surface area contributed by atoms with E-state index in [2.05, 4.69) is 66.1 Å². The molecule has 1 unspecified atom stereocenters. The van der Waals surface area contributed by atoms with Gasteiger partial charge in [0.15, 0.2) is 0 Å². The van der Waals surface area contributed by atoms with Crippen LogP contribution in [0, 0.1) is 0 Å². The molecular formula is C35H31N3O2S. The second kappa shape index (κ2) is 11.3. The van der Waals surface area contributed by atoms with Gasteiger partial charge in [-0.15, -0.1) is 21.5 Å². The Morgan fingerprint density at radius 1 is 0.902 bits per heavy atom. The van der Waals surface area contributed by atoms with E-state index in [0.29, 0.717) is 19.0 Å². The van der Waals surface area contributed by atoms with Gasteiger partial charge in [0.05, 0.1) is 4.70 Å². The molecule has 204 valence electrons. The number of carbonyl (C=O) groups is 1. The second-order valence-corrected chi connectivity index (χ2v) is 11.8. The van der Waals surface area contributed by atoms with Gasteiger partial charge in [-0.2, -0.15) is 0 Å². The minimum absolute atomic E-state index is 0.267. The second-order valence-electron chi connectivity index (χ2n) is 10.9. The number of benzene rings is 3. The molecule has 1 aliphatic carbocycles. The molecule has 0 N–H and O–H groups in total. The van der Waals surface area contributed by atoms with Crippen molar-refractivity contribution in [2.45, 2.75) is 44.8 Å². The van der Waals surface area contributed by atoms with E-state index in [9.17, 15) is 4.79 Å². The van der Waals surface area contributed by atoms with Crippen LogP contribution in [-0.2, 0) is 24.3 Å². The molecule has 5 nitrogen and oxygen atoms in total. The number of hydrogen-bond acceptors (Lipinski definition) is 5. The van der Waals surface area contributed by atoms with Gasteiger partial charge >= 0.3 is 6.09 Å². The van der Waals surface area contributed by atoms with Gasteiger partial charge in [-0.05, 0) is 76.9 Å². The lowest BCUT2D eigenvalue weighted by molar-refractivity contribution is 0.0918. The summed E-state index contributed by atoms with van der Waals surface area (Å²) in [5.41, 5.74) is 9.18. The van der Waals surface area contributed by atoms with Crippen LogP contribution in [0.15, 0.2) is 96.4 Å². The normalized spacial score (nSPS) is 16.7. The van der Waals surface area contributed by atoms with Crippen molar-refractivity contribution in [1.82, 2.24) is 15.1 Å². The van der Waals surface area contributed by atoms with Gasteiger partial charge in [0, 0.05) is 24.0 Å². The highest BCUT2D eigenvalue weighted by atomic mass is 32.1. The Labute approximate surface area is 244 Å². The number of ether oxygens (including phenoxy) is 1. The van der Waals surface area contributed by atoms with Crippen molar-refractivity contribution in [3.05, 3.63) is 124 Å². The summed E-state index contributed by atoms with van der Waals surface area (Å²) >= 11 is 1.75. The minimum atomic E-state index is -0.267. The third-order valence-electron chi connectivity index (χ3n) is 8.33. The average molecular weight is 558 g/mol. The lowest BCUT2D eigenvalue weighted by Crippen LogP contribution is -2.36. The molecule has 1 aliphatic heterocycles. The molecule has 0 bridgehead atoms. The fraction of sp³-hybridized carbons (Fsp3) is 0.229. The van der Waals surface area contributed by atoms with Crippen molar-refractivity contribution >= 4 is 33.1 Å². The lowest BCUT2D eigenvalue weighted by atomic mass is 9.83. The number of hydrogen-bond donors (Lipinski definition) is 0. The monoisotopic (exact) mass is 557 g/mol. The van der Waals surface area contributed by atoms with Crippen LogP contribution in [-0.4, -0.2) is 27.7 Å². The minimum Gasteiger partial charge on any atom is -0.445 e. The molecular weight excluding hydrogens is 526 g/mol. The number of fused-ring (bicyclic) bond motifs is 2. The molecule has 6 heteroatoms. The maximum Gasteiger partial charge on any atom is 0.410 e. The van der Waals surface area contributed by atoms with Gasteiger partial charge in [-0.3, -0.25) is 0 Å². The highest BCUT2D eigenvalue weighted by Gasteiger charge is 2.24. The molecule has 0 saturated heterocycles. The highest BCUT2D eigenvalue weighted by Crippen LogP contribution is 2.40. The Morgan fingerprint density at radius 3 is 2.51 bits per heavy atom. The molecule has 1 atom stereocenters. The van der Waals surface area contributed by atoms with Gasteiger partial charge in [0.25, 0.3) is 0 Å². The van der Waals surface area contributed by atoms with Gasteiger partial charge < -0.3 is 9.64 Å². The topological polar surface area (TPSA) is 55.3 Å². The number of nitrogens with zero attached hydrogens (tertiary/aromatic N) is 3. The number of rotatable bonds is 5. The summed E-state index contributed by atoms with van der Waals surface area (Å²) in [6.45, 7) is 1.48. The van der Waals surface area contributed by atoms with Gasteiger partial charge in [0.2, 0.25) is 0 Å². The van der Waals surface area contributed by atoms with Gasteiger partial charge in [-0.1, -0.05) is 78.9 Å². The Bertz CT molecular complexity index is 1730. The van der Waals surface area contributed by atoms with Crippen LogP contribution in [0.3, 0.4) is 0 Å². The summed E-state index contributed by atoms with van der Waals surface area (Å²) in [5, 5.41) is 12.9. The molecule has 5 aromatic rings. The summed E-state index contributed by atoms with van der Waals surface area (Å²) in [5.74, 6) is 0.572. The summed E-state index contributed by atoms with van der Waals surface area (Å²) in [7, 11) is 0. The first kappa shape index (κ1) is 25.7. The summed E-state index contributed by atoms with van der Waals surface area (Å²) in [6, 6.07) is 29.3. The quantitative estimate of drug-likeness (QED) is 0.218. The van der Waals surface area contributed by atoms with Crippen LogP contribution in [0.4, 0.5) is 4.79 Å². The average Bonchev–Trinajstić information content (AvgIpc) is 3.54. The van der Waals surface area contributed by atoms with Gasteiger partial charge in [0.1, 0.15) is 18.0 Å². The van der Waals surface area contributed by atoms with E-state index < -0.39 is 0 Å². The van der Waals surface area contributed by atoms with Crippen LogP contribution in [0.2, 0.25) is 0 Å². The largest absolute Gasteiger partial charge is 0.445 e. The Morgan fingerprint density at radius 2 is 1.71 bits per heavy atom. The molecule has 3 aromatic carbocycles. The van der Waals surface area contributed by atoms with Crippen molar-refractivity contribution in [3.63, 3.8) is 0 Å². The van der Waals surface area contributed by atoms with Crippen molar-refractivity contribution < 1.29 is 9.53 Å². The lowest BCUT2D eigenvalue weighted by Gasteiger charge is -2.28. The Balaban J connectivity index is 1.08. The Kier molecular flexibility index (Phi) is 7.07. The highest BCUT2D eigenvalue weighted by molar-refractivity contribution is 7.17. The summed E-state index contributed by atoms with van der Waals surface area (Å²) in [6.07, 6.45) is 6.09. The van der Waals surface area contributed by atoms with Crippen LogP contribution in [0.5, 0.6) is 0 Å². The van der Waals surface area contributed by atoms with Crippen LogP contribution >= 0.6 is 11.3 Å². The third kappa shape index (κ3) is 5.27. The fourth-order valence-corrected chi connectivity index (χ4v) is 6.96. The number of aromatic nitrogens is 2. The molecule has 0 fully saturated rings. The van der Waals surface area contributed by atoms with E-state index in [1.807, 2.05) is 30.3 Å². The molecule has 2 aromatic heterocycles. The summed E-state index contributed by atoms with van der Waals surface area (Å²) in [4.78, 5) is 14.5. The maximum atomic E-state index is 12.7. The smallest absolute Gasteiger partial charge is 0.410 e. The predicted octanol–water partition coefficient (Wildman–Crippen LogP) is 8.40. The molecule has 41 heavy (non-hydrogen) atoms. The van der Waals surface area contributed by atoms with Crippen molar-refractivity contribution in [3.8, 4) is 11.3 Å². The molecule has 0 spiro atoms. The van der Waals surface area contributed by atoms with E-state index in [0.717, 1.165) is 59.1 Å². The van der Waals surface area contributed by atoms with E-state index in [-0.39, 0.29) is 12.7 Å². The number of thiophene rings is 1. The molecule has 0 radical (unpaired) electrons. The van der Waals surface area contributed by atoms with Gasteiger partial charge in [-0.25, -0.2) is 4.79 Å². The van der Waals surface area contributed by atoms with Crippen molar-refractivity contribution in [2.75, 3.05) is 6.54 Å². The molecule has 1 amide bonds. The SMILES string of the molecule is O=C(OCc1ccccc1)N1CCc2cc(-c3nnc(C4=CCC(c5ccccc5)CC4)c4sccc34)ccc2C1. The zero-order chi connectivity index (χ0) is 27.6. The predicted molar refractivity (Wildman–Crippen MR) is 165 cm³/mol. The number of carbonyl (C=O) groups excluding carboxylic acids is 1. The van der Waals surface area contributed by atoms with E-state index in [1.54, 1.807) is 16.2 Å². The first-order valence-corrected chi connectivity index (χ1v) is 15.2. The first-order valence-electron chi connectivity index (χ1n) is 14.3. The number of allylic oxidation sites excluding steroid dienone is 2. The first-order chi connectivity index (χ1) is 20.2. The maximum absolute atomic E-state index is 12.7. The summed E-state index contributed by atoms with van der Waals surface area (Å²) < 4.78 is 6.78. The molecule has 2 aliphatic rings. The standard InChI is InChI=1S/C35H31N3O2S/c39-35(40-23-24-7-3-1-4-8-24)38-19-17-28-21-29(15-16-30(28)22-38)32-31-18-20-41-34(31)33(37-36-32)27-13-11-26(12-14-27)25-9-5-2-6-10-25/h1-10,13,15-16,18,20-21,26H,11-12,14,17,19,22-23H2. The fourth-order valence-electron chi connectivity index (χ4n) is 6.05. The van der Waals surface area contributed by atoms with Crippen molar-refractivity contribution in [1.29, 1.82) is 0 Å². The van der Waals surface area contributed by atoms with Crippen LogP contribution in [0.1, 0.15) is 53.1 Å². The van der Waals surface area contributed by atoms with E-state index in [1.165, 1.54) is 21.4 Å². The van der Waals surface area contributed by atoms with Crippen LogP contribution in [0.25, 0.3) is 26.9 Å². The molecule has 0 saturated carbocycles. The third-order valence-corrected chi connectivity index (χ3v) is 9.25. The van der Waals surface area contributed by atoms with Crippen molar-refractivity contribution in [2.24, 2.45) is 0 Å².